The Morgan fingerprint density at radius 1 is 1.56 bits per heavy atom. The summed E-state index contributed by atoms with van der Waals surface area (Å²) in [6.45, 7) is 6.24. The van der Waals surface area contributed by atoms with Crippen molar-refractivity contribution in [3.8, 4) is 0 Å². The van der Waals surface area contributed by atoms with Crippen LogP contribution in [0.4, 0.5) is 0 Å². The van der Waals surface area contributed by atoms with E-state index in [-0.39, 0.29) is 11.1 Å². The van der Waals surface area contributed by atoms with E-state index in [9.17, 15) is 4.79 Å². The Bertz CT molecular complexity index is 548. The van der Waals surface area contributed by atoms with Gasteiger partial charge in [-0.25, -0.2) is 0 Å². The fourth-order valence-electron chi connectivity index (χ4n) is 4.16. The van der Waals surface area contributed by atoms with Crippen LogP contribution in [-0.2, 0) is 12.0 Å². The summed E-state index contributed by atoms with van der Waals surface area (Å²) in [6, 6.07) is 3.51. The predicted octanol–water partition coefficient (Wildman–Crippen LogP) is 1.93. The van der Waals surface area contributed by atoms with Gasteiger partial charge in [0.25, 0.3) is 0 Å². The van der Waals surface area contributed by atoms with Crippen LogP contribution >= 0.6 is 0 Å². The molecular weight excluding hydrogens is 224 g/mol. The van der Waals surface area contributed by atoms with Crippen LogP contribution in [0.1, 0.15) is 31.0 Å². The van der Waals surface area contributed by atoms with Crippen LogP contribution in [0.15, 0.2) is 29.6 Å². The maximum atomic E-state index is 11.5. The van der Waals surface area contributed by atoms with Crippen molar-refractivity contribution in [3.05, 3.63) is 46.4 Å². The Morgan fingerprint density at radius 2 is 2.33 bits per heavy atom. The molecule has 18 heavy (non-hydrogen) atoms. The lowest BCUT2D eigenvalue weighted by atomic mass is 9.57. The number of fused-ring (bicyclic) bond motifs is 4. The Balaban J connectivity index is 2.20. The molecule has 2 aliphatic carbocycles. The lowest BCUT2D eigenvalue weighted by Crippen LogP contribution is -2.55. The van der Waals surface area contributed by atoms with Crippen molar-refractivity contribution in [2.24, 2.45) is 23.5 Å². The van der Waals surface area contributed by atoms with E-state index in [0.717, 1.165) is 24.1 Å². The van der Waals surface area contributed by atoms with E-state index in [1.807, 2.05) is 12.1 Å². The van der Waals surface area contributed by atoms with Crippen LogP contribution in [-0.4, -0.2) is 4.98 Å². The fraction of sp³-hybridized carbons (Fsp3) is 0.533. The molecule has 0 aromatic carbocycles. The van der Waals surface area contributed by atoms with Gasteiger partial charge in [0, 0.05) is 23.2 Å². The smallest absolute Gasteiger partial charge is 0.248 e. The van der Waals surface area contributed by atoms with E-state index in [2.05, 4.69) is 18.5 Å². The molecule has 0 unspecified atom stereocenters. The molecule has 3 nitrogen and oxygen atoms in total. The third-order valence-electron chi connectivity index (χ3n) is 4.72. The summed E-state index contributed by atoms with van der Waals surface area (Å²) >= 11 is 0. The highest BCUT2D eigenvalue weighted by Crippen LogP contribution is 2.50. The lowest BCUT2D eigenvalue weighted by molar-refractivity contribution is 0.0962. The number of nitrogens with one attached hydrogen (secondary N) is 1. The average molecular weight is 244 g/mol. The molecule has 1 fully saturated rings. The number of hydrogen-bond acceptors (Lipinski definition) is 2. The molecule has 1 aromatic heterocycles. The quantitative estimate of drug-likeness (QED) is 0.742. The summed E-state index contributed by atoms with van der Waals surface area (Å²) in [6.07, 6.45) is 5.08. The summed E-state index contributed by atoms with van der Waals surface area (Å²) < 4.78 is 0. The van der Waals surface area contributed by atoms with Crippen LogP contribution in [0, 0.1) is 17.8 Å². The predicted molar refractivity (Wildman–Crippen MR) is 72.2 cm³/mol. The summed E-state index contributed by atoms with van der Waals surface area (Å²) in [5.74, 6) is 1.48. The molecule has 0 saturated heterocycles. The van der Waals surface area contributed by atoms with Crippen molar-refractivity contribution >= 4 is 0 Å². The number of nitrogens with two attached hydrogens (primary N) is 1. The molecule has 2 aliphatic rings. The van der Waals surface area contributed by atoms with Crippen molar-refractivity contribution in [2.45, 2.75) is 31.7 Å². The van der Waals surface area contributed by atoms with Crippen molar-refractivity contribution in [1.29, 1.82) is 0 Å². The van der Waals surface area contributed by atoms with Gasteiger partial charge in [-0.15, -0.1) is 6.58 Å². The summed E-state index contributed by atoms with van der Waals surface area (Å²) in [5, 5.41) is 0. The van der Waals surface area contributed by atoms with Gasteiger partial charge in [-0.1, -0.05) is 13.0 Å². The van der Waals surface area contributed by atoms with Crippen molar-refractivity contribution in [2.75, 3.05) is 0 Å². The molecule has 3 N–H and O–H groups in total. The van der Waals surface area contributed by atoms with Crippen LogP contribution < -0.4 is 11.3 Å². The second-order valence-electron chi connectivity index (χ2n) is 6.03. The number of rotatable bonds is 1. The molecular formula is C15H20N2O. The number of H-pyrrole nitrogens is 1. The van der Waals surface area contributed by atoms with Crippen molar-refractivity contribution < 1.29 is 0 Å². The van der Waals surface area contributed by atoms with Crippen LogP contribution in [0.3, 0.4) is 0 Å². The monoisotopic (exact) mass is 244 g/mol. The highest BCUT2D eigenvalue weighted by Gasteiger charge is 2.49. The molecule has 96 valence electrons. The fourth-order valence-corrected chi connectivity index (χ4v) is 4.16. The second-order valence-corrected chi connectivity index (χ2v) is 6.03. The maximum Gasteiger partial charge on any atom is 0.248 e. The van der Waals surface area contributed by atoms with Crippen LogP contribution in [0.2, 0.25) is 0 Å². The van der Waals surface area contributed by atoms with E-state index < -0.39 is 0 Å². The first kappa shape index (κ1) is 11.7. The highest BCUT2D eigenvalue weighted by atomic mass is 16.1. The number of pyridine rings is 1. The van der Waals surface area contributed by atoms with Gasteiger partial charge in [-0.05, 0) is 42.7 Å². The molecule has 0 radical (unpaired) electrons. The molecule has 0 aliphatic heterocycles. The van der Waals surface area contributed by atoms with E-state index in [4.69, 9.17) is 5.73 Å². The van der Waals surface area contributed by atoms with Gasteiger partial charge in [0.15, 0.2) is 0 Å². The third-order valence-corrected chi connectivity index (χ3v) is 4.72. The van der Waals surface area contributed by atoms with Gasteiger partial charge in [0.1, 0.15) is 0 Å². The molecule has 1 heterocycles. The van der Waals surface area contributed by atoms with Gasteiger partial charge >= 0.3 is 0 Å². The first-order valence-corrected chi connectivity index (χ1v) is 6.68. The van der Waals surface area contributed by atoms with Gasteiger partial charge in [0.2, 0.25) is 5.56 Å². The zero-order valence-electron chi connectivity index (χ0n) is 10.8. The Morgan fingerprint density at radius 3 is 3.06 bits per heavy atom. The Hall–Kier alpha value is -1.35. The zero-order chi connectivity index (χ0) is 12.9. The first-order valence-electron chi connectivity index (χ1n) is 6.68. The second kappa shape index (κ2) is 3.82. The van der Waals surface area contributed by atoms with Gasteiger partial charge < -0.3 is 10.7 Å². The normalized spacial score (nSPS) is 38.0. The molecule has 3 rings (SSSR count). The van der Waals surface area contributed by atoms with Crippen LogP contribution in [0.25, 0.3) is 0 Å². The first-order chi connectivity index (χ1) is 8.54. The summed E-state index contributed by atoms with van der Waals surface area (Å²) in [5.41, 5.74) is 8.50. The summed E-state index contributed by atoms with van der Waals surface area (Å²) in [7, 11) is 0. The minimum atomic E-state index is -0.345. The molecule has 2 bridgehead atoms. The molecule has 0 amide bonds. The molecule has 1 saturated carbocycles. The van der Waals surface area contributed by atoms with Gasteiger partial charge in [-0.2, -0.15) is 0 Å². The van der Waals surface area contributed by atoms with Crippen molar-refractivity contribution in [1.82, 2.24) is 4.98 Å². The largest absolute Gasteiger partial charge is 0.326 e. The topological polar surface area (TPSA) is 58.9 Å². The zero-order valence-corrected chi connectivity index (χ0v) is 10.8. The standard InChI is InChI=1S/C15H20N2O/c1-3-11-10-6-9(2)8-15(11,16)12-4-5-14(18)17-13(12)7-10/h3-5,9-11H,1,6-8,16H2,2H3,(H,17,18)/t9-,10+,11-,15-/m1/s1. The van der Waals surface area contributed by atoms with E-state index >= 15 is 0 Å². The highest BCUT2D eigenvalue weighted by molar-refractivity contribution is 5.35. The molecule has 3 heteroatoms. The van der Waals surface area contributed by atoms with Crippen LogP contribution in [0.5, 0.6) is 0 Å². The van der Waals surface area contributed by atoms with Crippen molar-refractivity contribution in [3.63, 3.8) is 0 Å². The Kier molecular flexibility index (Phi) is 2.49. The summed E-state index contributed by atoms with van der Waals surface area (Å²) in [4.78, 5) is 14.4. The number of aromatic nitrogens is 1. The minimum Gasteiger partial charge on any atom is -0.326 e. The molecule has 1 aromatic rings. The maximum absolute atomic E-state index is 11.5. The third kappa shape index (κ3) is 1.50. The number of hydrogen-bond donors (Lipinski definition) is 2. The molecule has 0 spiro atoms. The average Bonchev–Trinajstić information content (AvgIpc) is 2.26. The Labute approximate surface area is 107 Å². The van der Waals surface area contributed by atoms with Gasteiger partial charge in [-0.3, -0.25) is 4.79 Å². The lowest BCUT2D eigenvalue weighted by Gasteiger charge is -2.51. The molecule has 4 atom stereocenters. The van der Waals surface area contributed by atoms with E-state index in [1.54, 1.807) is 6.07 Å². The number of aromatic amines is 1. The van der Waals surface area contributed by atoms with Gasteiger partial charge in [0.05, 0.1) is 0 Å². The van der Waals surface area contributed by atoms with E-state index in [1.165, 1.54) is 6.42 Å². The minimum absolute atomic E-state index is 0.0273. The SMILES string of the molecule is C=C[C@@H]1[C@@H]2Cc3[nH]c(=O)ccc3[C@@]1(N)C[C@H](C)C2. The van der Waals surface area contributed by atoms with E-state index in [0.29, 0.717) is 17.8 Å².